The van der Waals surface area contributed by atoms with E-state index in [9.17, 15) is 5.11 Å². The van der Waals surface area contributed by atoms with Gasteiger partial charge in [-0.05, 0) is 49.9 Å². The summed E-state index contributed by atoms with van der Waals surface area (Å²) in [6.45, 7) is 7.80. The summed E-state index contributed by atoms with van der Waals surface area (Å²) in [6.07, 6.45) is 9.64. The lowest BCUT2D eigenvalue weighted by Crippen LogP contribution is -2.49. The van der Waals surface area contributed by atoms with Gasteiger partial charge in [0.2, 0.25) is 0 Å². The van der Waals surface area contributed by atoms with Crippen LogP contribution in [0.3, 0.4) is 0 Å². The Morgan fingerprint density at radius 3 is 2.28 bits per heavy atom. The van der Waals surface area contributed by atoms with Crippen molar-refractivity contribution in [1.82, 2.24) is 5.32 Å². The van der Waals surface area contributed by atoms with E-state index >= 15 is 0 Å². The van der Waals surface area contributed by atoms with E-state index in [0.29, 0.717) is 11.5 Å². The van der Waals surface area contributed by atoms with Crippen LogP contribution in [0.15, 0.2) is 0 Å². The van der Waals surface area contributed by atoms with Crippen LogP contribution in [0.5, 0.6) is 0 Å². The molecule has 2 rings (SSSR count). The molecule has 106 valence electrons. The highest BCUT2D eigenvalue weighted by Crippen LogP contribution is 2.40. The molecule has 0 spiro atoms. The first-order valence-electron chi connectivity index (χ1n) is 7.86. The van der Waals surface area contributed by atoms with Crippen molar-refractivity contribution in [2.75, 3.05) is 6.54 Å². The SMILES string of the molecule is CC1CCCCC1NCC1(O)CCC(C)(C)CC1. The van der Waals surface area contributed by atoms with Crippen LogP contribution in [-0.2, 0) is 0 Å². The summed E-state index contributed by atoms with van der Waals surface area (Å²) in [5.74, 6) is 0.780. The molecule has 0 heterocycles. The highest BCUT2D eigenvalue weighted by atomic mass is 16.3. The van der Waals surface area contributed by atoms with E-state index in [1.807, 2.05) is 0 Å². The normalized spacial score (nSPS) is 35.3. The van der Waals surface area contributed by atoms with Gasteiger partial charge in [-0.25, -0.2) is 0 Å². The van der Waals surface area contributed by atoms with Crippen molar-refractivity contribution in [2.24, 2.45) is 11.3 Å². The van der Waals surface area contributed by atoms with E-state index in [2.05, 4.69) is 26.1 Å². The fourth-order valence-corrected chi connectivity index (χ4v) is 3.51. The number of hydrogen-bond acceptors (Lipinski definition) is 2. The summed E-state index contributed by atoms with van der Waals surface area (Å²) < 4.78 is 0. The molecule has 2 saturated carbocycles. The largest absolute Gasteiger partial charge is 0.389 e. The lowest BCUT2D eigenvalue weighted by atomic mass is 9.71. The zero-order chi connectivity index (χ0) is 13.2. The first-order chi connectivity index (χ1) is 8.40. The minimum atomic E-state index is -0.438. The molecular weight excluding hydrogens is 222 g/mol. The molecule has 2 aliphatic carbocycles. The minimum Gasteiger partial charge on any atom is -0.389 e. The minimum absolute atomic E-state index is 0.435. The first-order valence-corrected chi connectivity index (χ1v) is 7.86. The Labute approximate surface area is 113 Å². The second-order valence-corrected chi connectivity index (χ2v) is 7.64. The molecule has 2 atom stereocenters. The van der Waals surface area contributed by atoms with Crippen LogP contribution in [0.1, 0.15) is 72.1 Å². The van der Waals surface area contributed by atoms with Gasteiger partial charge in [0.1, 0.15) is 0 Å². The molecule has 0 aromatic heterocycles. The molecule has 0 saturated heterocycles. The number of rotatable bonds is 3. The van der Waals surface area contributed by atoms with E-state index in [1.54, 1.807) is 0 Å². The van der Waals surface area contributed by atoms with Gasteiger partial charge in [0.15, 0.2) is 0 Å². The van der Waals surface area contributed by atoms with Crippen molar-refractivity contribution in [2.45, 2.75) is 83.8 Å². The van der Waals surface area contributed by atoms with Gasteiger partial charge in [-0.1, -0.05) is 33.6 Å². The maximum atomic E-state index is 10.7. The van der Waals surface area contributed by atoms with Crippen molar-refractivity contribution < 1.29 is 5.11 Å². The Morgan fingerprint density at radius 1 is 1.06 bits per heavy atom. The molecule has 2 fully saturated rings. The van der Waals surface area contributed by atoms with Crippen LogP contribution in [0, 0.1) is 11.3 Å². The van der Waals surface area contributed by atoms with Gasteiger partial charge in [0.25, 0.3) is 0 Å². The van der Waals surface area contributed by atoms with Gasteiger partial charge in [-0.15, -0.1) is 0 Å². The van der Waals surface area contributed by atoms with Crippen molar-refractivity contribution in [3.63, 3.8) is 0 Å². The van der Waals surface area contributed by atoms with Crippen LogP contribution in [0.4, 0.5) is 0 Å². The fourth-order valence-electron chi connectivity index (χ4n) is 3.51. The predicted octanol–water partition coefficient (Wildman–Crippen LogP) is 3.49. The number of hydrogen-bond donors (Lipinski definition) is 2. The molecule has 2 heteroatoms. The molecule has 0 aromatic rings. The highest BCUT2D eigenvalue weighted by Gasteiger charge is 2.37. The van der Waals surface area contributed by atoms with Crippen LogP contribution in [0.25, 0.3) is 0 Å². The molecule has 0 bridgehead atoms. The second-order valence-electron chi connectivity index (χ2n) is 7.64. The highest BCUT2D eigenvalue weighted by molar-refractivity contribution is 4.92. The van der Waals surface area contributed by atoms with Crippen LogP contribution in [0.2, 0.25) is 0 Å². The summed E-state index contributed by atoms with van der Waals surface area (Å²) >= 11 is 0. The van der Waals surface area contributed by atoms with Gasteiger partial charge in [0.05, 0.1) is 5.60 Å². The summed E-state index contributed by atoms with van der Waals surface area (Å²) in [5.41, 5.74) is -0.00293. The van der Waals surface area contributed by atoms with Gasteiger partial charge < -0.3 is 10.4 Å². The number of nitrogens with one attached hydrogen (secondary N) is 1. The second kappa shape index (κ2) is 5.50. The molecule has 2 aliphatic rings. The monoisotopic (exact) mass is 253 g/mol. The van der Waals surface area contributed by atoms with Gasteiger partial charge in [-0.2, -0.15) is 0 Å². The summed E-state index contributed by atoms with van der Waals surface area (Å²) in [6, 6.07) is 0.637. The zero-order valence-corrected chi connectivity index (χ0v) is 12.5. The Kier molecular flexibility index (Phi) is 4.38. The van der Waals surface area contributed by atoms with Crippen LogP contribution < -0.4 is 5.32 Å². The van der Waals surface area contributed by atoms with Crippen LogP contribution in [-0.4, -0.2) is 23.3 Å². The smallest absolute Gasteiger partial charge is 0.0772 e. The summed E-state index contributed by atoms with van der Waals surface area (Å²) in [7, 11) is 0. The third-order valence-electron chi connectivity index (χ3n) is 5.34. The maximum absolute atomic E-state index is 10.7. The molecular formula is C16H31NO. The molecule has 0 aliphatic heterocycles. The van der Waals surface area contributed by atoms with E-state index in [-0.39, 0.29) is 0 Å². The fraction of sp³-hybridized carbons (Fsp3) is 1.00. The summed E-state index contributed by atoms with van der Waals surface area (Å²) in [5, 5.41) is 14.3. The van der Waals surface area contributed by atoms with E-state index in [0.717, 1.165) is 38.1 Å². The van der Waals surface area contributed by atoms with Crippen molar-refractivity contribution >= 4 is 0 Å². The van der Waals surface area contributed by atoms with Gasteiger partial charge >= 0.3 is 0 Å². The van der Waals surface area contributed by atoms with Crippen molar-refractivity contribution in [1.29, 1.82) is 0 Å². The predicted molar refractivity (Wildman–Crippen MR) is 76.6 cm³/mol. The Balaban J connectivity index is 1.79. The van der Waals surface area contributed by atoms with Crippen LogP contribution >= 0.6 is 0 Å². The molecule has 0 radical (unpaired) electrons. The van der Waals surface area contributed by atoms with Crippen molar-refractivity contribution in [3.05, 3.63) is 0 Å². The third kappa shape index (κ3) is 3.71. The maximum Gasteiger partial charge on any atom is 0.0772 e. The van der Waals surface area contributed by atoms with E-state index < -0.39 is 5.60 Å². The molecule has 2 unspecified atom stereocenters. The lowest BCUT2D eigenvalue weighted by molar-refractivity contribution is -0.0279. The molecule has 0 amide bonds. The van der Waals surface area contributed by atoms with Gasteiger partial charge in [0, 0.05) is 12.6 Å². The zero-order valence-electron chi connectivity index (χ0n) is 12.5. The molecule has 18 heavy (non-hydrogen) atoms. The lowest BCUT2D eigenvalue weighted by Gasteiger charge is -2.42. The molecule has 2 N–H and O–H groups in total. The average Bonchev–Trinajstić information content (AvgIpc) is 2.33. The average molecular weight is 253 g/mol. The third-order valence-corrected chi connectivity index (χ3v) is 5.34. The number of aliphatic hydroxyl groups is 1. The van der Waals surface area contributed by atoms with E-state index in [4.69, 9.17) is 0 Å². The topological polar surface area (TPSA) is 32.3 Å². The first kappa shape index (κ1) is 14.3. The Hall–Kier alpha value is -0.0800. The van der Waals surface area contributed by atoms with E-state index in [1.165, 1.54) is 25.7 Å². The van der Waals surface area contributed by atoms with Crippen molar-refractivity contribution in [3.8, 4) is 0 Å². The standard InChI is InChI=1S/C16H31NO/c1-13-6-4-5-7-14(13)17-12-16(18)10-8-15(2,3)9-11-16/h13-14,17-18H,4-12H2,1-3H3. The quantitative estimate of drug-likeness (QED) is 0.807. The Morgan fingerprint density at radius 2 is 1.67 bits per heavy atom. The van der Waals surface area contributed by atoms with Gasteiger partial charge in [-0.3, -0.25) is 0 Å². The Bertz CT molecular complexity index is 264. The molecule has 0 aromatic carbocycles. The molecule has 2 nitrogen and oxygen atoms in total. The summed E-state index contributed by atoms with van der Waals surface area (Å²) in [4.78, 5) is 0.